The van der Waals surface area contributed by atoms with Crippen molar-refractivity contribution in [3.63, 3.8) is 0 Å². The first-order valence-electron chi connectivity index (χ1n) is 10.7. The molecule has 3 atom stereocenters. The highest BCUT2D eigenvalue weighted by molar-refractivity contribution is 5.85. The Bertz CT molecular complexity index is 678. The highest BCUT2D eigenvalue weighted by Crippen LogP contribution is 2.52. The molecule has 0 aromatic carbocycles. The fourth-order valence-corrected chi connectivity index (χ4v) is 4.99. The van der Waals surface area contributed by atoms with Crippen LogP contribution in [0.5, 0.6) is 0 Å². The van der Waals surface area contributed by atoms with Crippen LogP contribution in [-0.2, 0) is 16.1 Å². The zero-order valence-corrected chi connectivity index (χ0v) is 17.4. The number of likely N-dealkylation sites (N-methyl/N-ethyl adjacent to an activating group) is 1. The number of nitrogens with one attached hydrogen (secondary N) is 2. The van der Waals surface area contributed by atoms with Gasteiger partial charge in [0, 0.05) is 24.8 Å². The molecule has 154 valence electrons. The standard InChI is InChI=1S/C22H34N4O2/c1-4-23-20(27)15-26-18-8-9-19(26)22(13-18,11-10-16(2)3)21(28)25-14-17-7-5-6-12-24-17/h5-7,12,16,18-19H,4,8-11,13-15H2,1-3H3,(H,23,27)(H,25,28)/t18-,19+,22+/m1/s1. The average molecular weight is 387 g/mol. The number of rotatable bonds is 9. The third-order valence-corrected chi connectivity index (χ3v) is 6.36. The SMILES string of the molecule is CCNC(=O)CN1[C@@H]2CC[C@H]1[C@@](CCC(C)C)(C(=O)NCc1ccccn1)C2. The van der Waals surface area contributed by atoms with Gasteiger partial charge in [0.05, 0.1) is 24.2 Å². The lowest BCUT2D eigenvalue weighted by atomic mass is 9.69. The van der Waals surface area contributed by atoms with E-state index < -0.39 is 5.41 Å². The molecule has 2 saturated heterocycles. The third-order valence-electron chi connectivity index (χ3n) is 6.36. The van der Waals surface area contributed by atoms with Crippen molar-refractivity contribution < 1.29 is 9.59 Å². The number of hydrogen-bond acceptors (Lipinski definition) is 4. The van der Waals surface area contributed by atoms with E-state index >= 15 is 0 Å². The van der Waals surface area contributed by atoms with Crippen LogP contribution >= 0.6 is 0 Å². The molecule has 0 unspecified atom stereocenters. The maximum atomic E-state index is 13.4. The summed E-state index contributed by atoms with van der Waals surface area (Å²) >= 11 is 0. The third kappa shape index (κ3) is 4.37. The van der Waals surface area contributed by atoms with E-state index in [1.807, 2.05) is 25.1 Å². The van der Waals surface area contributed by atoms with Crippen molar-refractivity contribution in [2.24, 2.45) is 11.3 Å². The Labute approximate surface area is 168 Å². The van der Waals surface area contributed by atoms with Gasteiger partial charge in [0.2, 0.25) is 11.8 Å². The summed E-state index contributed by atoms with van der Waals surface area (Å²) in [7, 11) is 0. The molecule has 0 aliphatic carbocycles. The van der Waals surface area contributed by atoms with Gasteiger partial charge in [-0.25, -0.2) is 0 Å². The Hall–Kier alpha value is -1.95. The molecule has 0 spiro atoms. The van der Waals surface area contributed by atoms with Gasteiger partial charge in [0.25, 0.3) is 0 Å². The van der Waals surface area contributed by atoms with Gasteiger partial charge in [-0.3, -0.25) is 19.5 Å². The highest BCUT2D eigenvalue weighted by atomic mass is 16.2. The summed E-state index contributed by atoms with van der Waals surface area (Å²) in [6.45, 7) is 7.86. The fourth-order valence-electron chi connectivity index (χ4n) is 4.99. The summed E-state index contributed by atoms with van der Waals surface area (Å²) in [6.07, 6.45) is 6.60. The van der Waals surface area contributed by atoms with Crippen LogP contribution in [0.15, 0.2) is 24.4 Å². The second-order valence-electron chi connectivity index (χ2n) is 8.67. The van der Waals surface area contributed by atoms with Crippen LogP contribution in [0.1, 0.15) is 58.6 Å². The average Bonchev–Trinajstić information content (AvgIpc) is 3.20. The monoisotopic (exact) mass is 386 g/mol. The van der Waals surface area contributed by atoms with Gasteiger partial charge in [-0.2, -0.15) is 0 Å². The Kier molecular flexibility index (Phi) is 6.70. The first-order chi connectivity index (χ1) is 13.5. The van der Waals surface area contributed by atoms with E-state index in [0.717, 1.165) is 37.8 Å². The largest absolute Gasteiger partial charge is 0.355 e. The minimum Gasteiger partial charge on any atom is -0.355 e. The quantitative estimate of drug-likeness (QED) is 0.684. The summed E-state index contributed by atoms with van der Waals surface area (Å²) in [6, 6.07) is 6.24. The lowest BCUT2D eigenvalue weighted by Crippen LogP contribution is -2.50. The molecule has 0 radical (unpaired) electrons. The maximum Gasteiger partial charge on any atom is 0.234 e. The Morgan fingerprint density at radius 1 is 1.29 bits per heavy atom. The second kappa shape index (κ2) is 9.03. The molecule has 2 amide bonds. The summed E-state index contributed by atoms with van der Waals surface area (Å²) in [5.74, 6) is 0.747. The van der Waals surface area contributed by atoms with Crippen molar-refractivity contribution in [2.75, 3.05) is 13.1 Å². The van der Waals surface area contributed by atoms with E-state index in [2.05, 4.69) is 34.4 Å². The topological polar surface area (TPSA) is 74.3 Å². The van der Waals surface area contributed by atoms with Crippen molar-refractivity contribution in [2.45, 2.75) is 71.5 Å². The smallest absolute Gasteiger partial charge is 0.234 e. The molecule has 3 heterocycles. The molecule has 2 N–H and O–H groups in total. The van der Waals surface area contributed by atoms with Gasteiger partial charge in [-0.05, 0) is 57.1 Å². The van der Waals surface area contributed by atoms with E-state index in [1.165, 1.54) is 0 Å². The van der Waals surface area contributed by atoms with Gasteiger partial charge in [0.15, 0.2) is 0 Å². The van der Waals surface area contributed by atoms with Crippen molar-refractivity contribution in [1.29, 1.82) is 0 Å². The number of hydrogen-bond donors (Lipinski definition) is 2. The van der Waals surface area contributed by atoms with Crippen LogP contribution in [0.25, 0.3) is 0 Å². The second-order valence-corrected chi connectivity index (χ2v) is 8.67. The van der Waals surface area contributed by atoms with Crippen LogP contribution in [0.3, 0.4) is 0 Å². The van der Waals surface area contributed by atoms with Crippen molar-refractivity contribution in [3.05, 3.63) is 30.1 Å². The highest BCUT2D eigenvalue weighted by Gasteiger charge is 2.59. The van der Waals surface area contributed by atoms with E-state index in [9.17, 15) is 9.59 Å². The number of carbonyl (C=O) groups is 2. The Morgan fingerprint density at radius 2 is 2.11 bits per heavy atom. The molecule has 28 heavy (non-hydrogen) atoms. The maximum absolute atomic E-state index is 13.4. The summed E-state index contributed by atoms with van der Waals surface area (Å²) in [5, 5.41) is 6.07. The van der Waals surface area contributed by atoms with Gasteiger partial charge in [0.1, 0.15) is 0 Å². The number of pyridine rings is 1. The molecule has 0 saturated carbocycles. The Balaban J connectivity index is 1.74. The molecule has 2 fully saturated rings. The molecular weight excluding hydrogens is 352 g/mol. The number of carbonyl (C=O) groups excluding carboxylic acids is 2. The summed E-state index contributed by atoms with van der Waals surface area (Å²) < 4.78 is 0. The number of nitrogens with zero attached hydrogens (tertiary/aromatic N) is 2. The number of fused-ring (bicyclic) bond motifs is 2. The molecule has 3 rings (SSSR count). The summed E-state index contributed by atoms with van der Waals surface area (Å²) in [4.78, 5) is 32.3. The molecule has 1 aromatic heterocycles. The molecule has 2 aliphatic heterocycles. The van der Waals surface area contributed by atoms with E-state index in [1.54, 1.807) is 6.20 Å². The van der Waals surface area contributed by atoms with E-state index in [0.29, 0.717) is 31.6 Å². The lowest BCUT2D eigenvalue weighted by molar-refractivity contribution is -0.134. The molecule has 2 bridgehead atoms. The first-order valence-corrected chi connectivity index (χ1v) is 10.7. The minimum atomic E-state index is -0.394. The number of amides is 2. The fraction of sp³-hybridized carbons (Fsp3) is 0.682. The van der Waals surface area contributed by atoms with E-state index in [4.69, 9.17) is 0 Å². The van der Waals surface area contributed by atoms with Gasteiger partial charge in [-0.1, -0.05) is 19.9 Å². The van der Waals surface area contributed by atoms with Crippen molar-refractivity contribution in [3.8, 4) is 0 Å². The normalized spacial score (nSPS) is 26.6. The van der Waals surface area contributed by atoms with Crippen molar-refractivity contribution >= 4 is 11.8 Å². The van der Waals surface area contributed by atoms with Gasteiger partial charge < -0.3 is 10.6 Å². The zero-order valence-electron chi connectivity index (χ0n) is 17.4. The summed E-state index contributed by atoms with van der Waals surface area (Å²) in [5.41, 5.74) is 0.478. The van der Waals surface area contributed by atoms with Crippen LogP contribution < -0.4 is 10.6 Å². The first kappa shape index (κ1) is 20.8. The van der Waals surface area contributed by atoms with Crippen molar-refractivity contribution in [1.82, 2.24) is 20.5 Å². The predicted octanol–water partition coefficient (Wildman–Crippen LogP) is 2.49. The molecule has 1 aromatic rings. The predicted molar refractivity (Wildman–Crippen MR) is 109 cm³/mol. The molecule has 2 aliphatic rings. The minimum absolute atomic E-state index is 0.0629. The zero-order chi connectivity index (χ0) is 20.1. The number of aromatic nitrogens is 1. The van der Waals surface area contributed by atoms with Gasteiger partial charge >= 0.3 is 0 Å². The molecule has 6 heteroatoms. The van der Waals surface area contributed by atoms with Crippen LogP contribution in [0.2, 0.25) is 0 Å². The molecule has 6 nitrogen and oxygen atoms in total. The van der Waals surface area contributed by atoms with Crippen LogP contribution in [0, 0.1) is 11.3 Å². The van der Waals surface area contributed by atoms with Crippen LogP contribution in [-0.4, -0.2) is 46.9 Å². The Morgan fingerprint density at radius 3 is 2.79 bits per heavy atom. The van der Waals surface area contributed by atoms with E-state index in [-0.39, 0.29) is 17.9 Å². The lowest BCUT2D eigenvalue weighted by Gasteiger charge is -2.37. The van der Waals surface area contributed by atoms with Crippen LogP contribution in [0.4, 0.5) is 0 Å². The van der Waals surface area contributed by atoms with Gasteiger partial charge in [-0.15, -0.1) is 0 Å². The molecular formula is C22H34N4O2.